The molecule has 0 aromatic heterocycles. The number of halogens is 3. The number of ketones is 1. The second-order valence-electron chi connectivity index (χ2n) is 4.53. The molecule has 22 heavy (non-hydrogen) atoms. The first kappa shape index (κ1) is 15.9. The average Bonchev–Trinajstić information content (AvgIpc) is 2.45. The molecule has 0 fully saturated rings. The molecule has 0 amide bonds. The largest absolute Gasteiger partial charge is 0.573 e. The molecule has 0 heterocycles. The van der Waals surface area contributed by atoms with Gasteiger partial charge >= 0.3 is 6.36 Å². The fourth-order valence-corrected chi connectivity index (χ4v) is 1.83. The van der Waals surface area contributed by atoms with Gasteiger partial charge in [0.2, 0.25) is 0 Å². The molecule has 116 valence electrons. The summed E-state index contributed by atoms with van der Waals surface area (Å²) in [5.74, 6) is 0.0236. The topological polar surface area (TPSA) is 35.5 Å². The van der Waals surface area contributed by atoms with Gasteiger partial charge < -0.3 is 9.47 Å². The highest BCUT2D eigenvalue weighted by Crippen LogP contribution is 2.24. The zero-order valence-electron chi connectivity index (χ0n) is 11.7. The van der Waals surface area contributed by atoms with Crippen LogP contribution in [0.1, 0.15) is 22.8 Å². The number of benzene rings is 2. The molecule has 0 atom stereocenters. The van der Waals surface area contributed by atoms with Crippen molar-refractivity contribution in [2.75, 3.05) is 0 Å². The molecule has 0 unspecified atom stereocenters. The van der Waals surface area contributed by atoms with Crippen molar-refractivity contribution in [3.05, 3.63) is 59.7 Å². The summed E-state index contributed by atoms with van der Waals surface area (Å²) in [6.07, 6.45) is -4.71. The predicted molar refractivity (Wildman–Crippen MR) is 73.9 cm³/mol. The van der Waals surface area contributed by atoms with E-state index in [2.05, 4.69) is 4.74 Å². The van der Waals surface area contributed by atoms with Crippen molar-refractivity contribution < 1.29 is 27.4 Å². The number of para-hydroxylation sites is 1. The van der Waals surface area contributed by atoms with Gasteiger partial charge in [-0.3, -0.25) is 4.79 Å². The molecule has 2 aromatic carbocycles. The number of hydrogen-bond acceptors (Lipinski definition) is 3. The summed E-state index contributed by atoms with van der Waals surface area (Å²) in [4.78, 5) is 11.5. The van der Waals surface area contributed by atoms with Gasteiger partial charge in [-0.1, -0.05) is 24.3 Å². The lowest BCUT2D eigenvalue weighted by atomic mass is 10.1. The predicted octanol–water partition coefficient (Wildman–Crippen LogP) is 4.37. The smallest absolute Gasteiger partial charge is 0.488 e. The molecule has 0 spiro atoms. The number of rotatable bonds is 5. The quantitative estimate of drug-likeness (QED) is 0.769. The maximum Gasteiger partial charge on any atom is 0.573 e. The summed E-state index contributed by atoms with van der Waals surface area (Å²) < 4.78 is 45.5. The minimum Gasteiger partial charge on any atom is -0.488 e. The fourth-order valence-electron chi connectivity index (χ4n) is 1.83. The van der Waals surface area contributed by atoms with Crippen molar-refractivity contribution in [3.63, 3.8) is 0 Å². The lowest BCUT2D eigenvalue weighted by Gasteiger charge is -2.11. The standard InChI is InChI=1S/C16H13F3O3/c1-11(20)14-4-2-3-5-15(14)21-10-12-6-8-13(9-7-12)22-16(17,18)19/h2-9H,10H2,1H3. The van der Waals surface area contributed by atoms with Crippen LogP contribution in [0, 0.1) is 0 Å². The van der Waals surface area contributed by atoms with E-state index in [4.69, 9.17) is 4.74 Å². The highest BCUT2D eigenvalue weighted by molar-refractivity contribution is 5.96. The molecule has 0 aliphatic carbocycles. The summed E-state index contributed by atoms with van der Waals surface area (Å²) in [5.41, 5.74) is 1.12. The summed E-state index contributed by atoms with van der Waals surface area (Å²) in [5, 5.41) is 0. The lowest BCUT2D eigenvalue weighted by molar-refractivity contribution is -0.274. The maximum absolute atomic E-state index is 12.1. The van der Waals surface area contributed by atoms with Gasteiger partial charge in [0.05, 0.1) is 5.56 Å². The first-order valence-electron chi connectivity index (χ1n) is 6.42. The molecule has 0 aliphatic rings. The molecule has 0 radical (unpaired) electrons. The fraction of sp³-hybridized carbons (Fsp3) is 0.188. The Kier molecular flexibility index (Phi) is 4.70. The van der Waals surface area contributed by atoms with E-state index in [1.807, 2.05) is 0 Å². The van der Waals surface area contributed by atoms with Gasteiger partial charge in [0.1, 0.15) is 18.1 Å². The van der Waals surface area contributed by atoms with Crippen LogP contribution in [0.25, 0.3) is 0 Å². The van der Waals surface area contributed by atoms with Gasteiger partial charge in [0.25, 0.3) is 0 Å². The number of carbonyl (C=O) groups is 1. The highest BCUT2D eigenvalue weighted by atomic mass is 19.4. The monoisotopic (exact) mass is 310 g/mol. The Labute approximate surface area is 125 Å². The summed E-state index contributed by atoms with van der Waals surface area (Å²) in [6.45, 7) is 1.57. The molecule has 0 N–H and O–H groups in total. The molecule has 3 nitrogen and oxygen atoms in total. The zero-order chi connectivity index (χ0) is 16.2. The molecular weight excluding hydrogens is 297 g/mol. The van der Waals surface area contributed by atoms with Gasteiger partial charge in [0, 0.05) is 0 Å². The molecule has 0 aliphatic heterocycles. The van der Waals surface area contributed by atoms with Gasteiger partial charge in [-0.15, -0.1) is 13.2 Å². The number of alkyl halides is 3. The second kappa shape index (κ2) is 6.51. The number of carbonyl (C=O) groups excluding carboxylic acids is 1. The van der Waals surface area contributed by atoms with E-state index in [9.17, 15) is 18.0 Å². The second-order valence-corrected chi connectivity index (χ2v) is 4.53. The Balaban J connectivity index is 2.02. The van der Waals surface area contributed by atoms with Crippen LogP contribution in [0.4, 0.5) is 13.2 Å². The lowest BCUT2D eigenvalue weighted by Crippen LogP contribution is -2.17. The molecule has 2 aromatic rings. The number of hydrogen-bond donors (Lipinski definition) is 0. The molecule has 6 heteroatoms. The molecule has 2 rings (SSSR count). The van der Waals surface area contributed by atoms with Crippen LogP contribution >= 0.6 is 0 Å². The van der Waals surface area contributed by atoms with Gasteiger partial charge in [-0.2, -0.15) is 0 Å². The van der Waals surface area contributed by atoms with Crippen molar-refractivity contribution in [3.8, 4) is 11.5 Å². The SMILES string of the molecule is CC(=O)c1ccccc1OCc1ccc(OC(F)(F)F)cc1. The number of Topliss-reactive ketones (excluding diaryl/α,β-unsaturated/α-hetero) is 1. The molecule has 0 bridgehead atoms. The van der Waals surface area contributed by atoms with E-state index in [0.29, 0.717) is 16.9 Å². The Hall–Kier alpha value is -2.50. The van der Waals surface area contributed by atoms with Crippen molar-refractivity contribution in [1.82, 2.24) is 0 Å². The first-order chi connectivity index (χ1) is 10.3. The van der Waals surface area contributed by atoms with E-state index >= 15 is 0 Å². The van der Waals surface area contributed by atoms with E-state index in [-0.39, 0.29) is 18.1 Å². The third-order valence-electron chi connectivity index (χ3n) is 2.82. The van der Waals surface area contributed by atoms with Crippen LogP contribution in [0.2, 0.25) is 0 Å². The highest BCUT2D eigenvalue weighted by Gasteiger charge is 2.30. The summed E-state index contributed by atoms with van der Waals surface area (Å²) in [7, 11) is 0. The van der Waals surface area contributed by atoms with Gasteiger partial charge in [0.15, 0.2) is 5.78 Å². The van der Waals surface area contributed by atoms with Gasteiger partial charge in [-0.05, 0) is 36.8 Å². The molecular formula is C16H13F3O3. The van der Waals surface area contributed by atoms with Gasteiger partial charge in [-0.25, -0.2) is 0 Å². The summed E-state index contributed by atoms with van der Waals surface area (Å²) in [6, 6.07) is 12.1. The Morgan fingerprint density at radius 1 is 1.05 bits per heavy atom. The minimum atomic E-state index is -4.71. The first-order valence-corrected chi connectivity index (χ1v) is 6.42. The van der Waals surface area contributed by atoms with E-state index < -0.39 is 6.36 Å². The van der Waals surface area contributed by atoms with E-state index in [1.54, 1.807) is 24.3 Å². The maximum atomic E-state index is 12.1. The van der Waals surface area contributed by atoms with Crippen LogP contribution in [-0.4, -0.2) is 12.1 Å². The third-order valence-corrected chi connectivity index (χ3v) is 2.82. The van der Waals surface area contributed by atoms with Crippen molar-refractivity contribution in [2.45, 2.75) is 19.9 Å². The van der Waals surface area contributed by atoms with Crippen LogP contribution in [0.15, 0.2) is 48.5 Å². The van der Waals surface area contributed by atoms with E-state index in [0.717, 1.165) is 0 Å². The Bertz CT molecular complexity index is 648. The van der Waals surface area contributed by atoms with Crippen LogP contribution in [0.5, 0.6) is 11.5 Å². The van der Waals surface area contributed by atoms with E-state index in [1.165, 1.54) is 31.2 Å². The Morgan fingerprint density at radius 3 is 2.27 bits per heavy atom. The van der Waals surface area contributed by atoms with Crippen molar-refractivity contribution in [1.29, 1.82) is 0 Å². The van der Waals surface area contributed by atoms with Crippen molar-refractivity contribution in [2.24, 2.45) is 0 Å². The van der Waals surface area contributed by atoms with Crippen LogP contribution in [-0.2, 0) is 6.61 Å². The number of ether oxygens (including phenoxy) is 2. The third kappa shape index (κ3) is 4.51. The van der Waals surface area contributed by atoms with Crippen molar-refractivity contribution >= 4 is 5.78 Å². The minimum absolute atomic E-state index is 0.121. The van der Waals surface area contributed by atoms with Crippen LogP contribution in [0.3, 0.4) is 0 Å². The summed E-state index contributed by atoms with van der Waals surface area (Å²) >= 11 is 0. The molecule has 0 saturated heterocycles. The molecule has 0 saturated carbocycles. The average molecular weight is 310 g/mol. The zero-order valence-corrected chi connectivity index (χ0v) is 11.7. The Morgan fingerprint density at radius 2 is 1.68 bits per heavy atom. The normalized spacial score (nSPS) is 11.1. The van der Waals surface area contributed by atoms with Crippen LogP contribution < -0.4 is 9.47 Å².